The lowest BCUT2D eigenvalue weighted by Gasteiger charge is -2.05. The average Bonchev–Trinajstić information content (AvgIpc) is 2.37. The van der Waals surface area contributed by atoms with E-state index < -0.39 is 5.97 Å². The van der Waals surface area contributed by atoms with Crippen LogP contribution in [0.5, 0.6) is 0 Å². The standard InChI is InChI=1S/C14H19NO3/c1-2-11-3-5-12(6-4-11)9-10-15-13(16)7-8-14(17)18/h3-6H,2,7-10H2,1H3,(H,15,16)(H,17,18). The molecule has 0 saturated carbocycles. The van der Waals surface area contributed by atoms with Crippen LogP contribution >= 0.6 is 0 Å². The quantitative estimate of drug-likeness (QED) is 0.774. The van der Waals surface area contributed by atoms with Gasteiger partial charge in [-0.05, 0) is 24.0 Å². The van der Waals surface area contributed by atoms with Crippen LogP contribution in [-0.4, -0.2) is 23.5 Å². The fraction of sp³-hybridized carbons (Fsp3) is 0.429. The van der Waals surface area contributed by atoms with E-state index in [4.69, 9.17) is 5.11 Å². The highest BCUT2D eigenvalue weighted by Crippen LogP contribution is 2.05. The van der Waals surface area contributed by atoms with Crippen LogP contribution in [0.3, 0.4) is 0 Å². The lowest BCUT2D eigenvalue weighted by atomic mass is 10.1. The molecule has 0 fully saturated rings. The predicted octanol–water partition coefficient (Wildman–Crippen LogP) is 1.77. The highest BCUT2D eigenvalue weighted by Gasteiger charge is 2.04. The lowest BCUT2D eigenvalue weighted by molar-refractivity contribution is -0.138. The number of carbonyl (C=O) groups is 2. The molecular weight excluding hydrogens is 230 g/mol. The van der Waals surface area contributed by atoms with Crippen molar-refractivity contribution in [2.24, 2.45) is 0 Å². The molecule has 98 valence electrons. The molecule has 4 heteroatoms. The number of benzene rings is 1. The number of carboxylic acids is 1. The van der Waals surface area contributed by atoms with Gasteiger partial charge in [0.25, 0.3) is 0 Å². The smallest absolute Gasteiger partial charge is 0.303 e. The molecule has 0 aliphatic rings. The maximum Gasteiger partial charge on any atom is 0.303 e. The minimum atomic E-state index is -0.944. The SMILES string of the molecule is CCc1ccc(CCNC(=O)CCC(=O)O)cc1. The molecule has 0 aliphatic heterocycles. The van der Waals surface area contributed by atoms with Crippen LogP contribution < -0.4 is 5.32 Å². The maximum absolute atomic E-state index is 11.3. The fourth-order valence-corrected chi connectivity index (χ4v) is 1.60. The Hall–Kier alpha value is -1.84. The third-order valence-electron chi connectivity index (χ3n) is 2.73. The number of nitrogens with one attached hydrogen (secondary N) is 1. The summed E-state index contributed by atoms with van der Waals surface area (Å²) in [6, 6.07) is 8.29. The van der Waals surface area contributed by atoms with Crippen molar-refractivity contribution in [1.29, 1.82) is 0 Å². The summed E-state index contributed by atoms with van der Waals surface area (Å²) in [6.07, 6.45) is 1.72. The molecule has 0 unspecified atom stereocenters. The Morgan fingerprint density at radius 1 is 1.11 bits per heavy atom. The largest absolute Gasteiger partial charge is 0.481 e. The van der Waals surface area contributed by atoms with Gasteiger partial charge in [-0.1, -0.05) is 31.2 Å². The summed E-state index contributed by atoms with van der Waals surface area (Å²) in [5.41, 5.74) is 2.47. The molecule has 2 N–H and O–H groups in total. The van der Waals surface area contributed by atoms with E-state index >= 15 is 0 Å². The number of carbonyl (C=O) groups excluding carboxylic acids is 1. The molecule has 1 aromatic carbocycles. The maximum atomic E-state index is 11.3. The van der Waals surface area contributed by atoms with Crippen LogP contribution in [0.4, 0.5) is 0 Å². The first-order valence-electron chi connectivity index (χ1n) is 6.18. The van der Waals surface area contributed by atoms with Gasteiger partial charge in [0.15, 0.2) is 0 Å². The summed E-state index contributed by atoms with van der Waals surface area (Å²) >= 11 is 0. The summed E-state index contributed by atoms with van der Waals surface area (Å²) in [5, 5.41) is 11.1. The molecule has 1 rings (SSSR count). The van der Waals surface area contributed by atoms with E-state index in [2.05, 4.69) is 36.5 Å². The molecule has 0 saturated heterocycles. The van der Waals surface area contributed by atoms with Crippen LogP contribution in [0.1, 0.15) is 30.9 Å². The van der Waals surface area contributed by atoms with Crippen LogP contribution in [0.25, 0.3) is 0 Å². The average molecular weight is 249 g/mol. The van der Waals surface area contributed by atoms with Gasteiger partial charge >= 0.3 is 5.97 Å². The van der Waals surface area contributed by atoms with Gasteiger partial charge in [-0.3, -0.25) is 9.59 Å². The van der Waals surface area contributed by atoms with Crippen molar-refractivity contribution in [2.75, 3.05) is 6.54 Å². The molecule has 4 nitrogen and oxygen atoms in total. The summed E-state index contributed by atoms with van der Waals surface area (Å²) in [4.78, 5) is 21.5. The molecule has 1 aromatic rings. The highest BCUT2D eigenvalue weighted by molar-refractivity contribution is 5.80. The molecule has 0 heterocycles. The number of hydrogen-bond acceptors (Lipinski definition) is 2. The number of amides is 1. The number of hydrogen-bond donors (Lipinski definition) is 2. The Morgan fingerprint density at radius 3 is 2.28 bits per heavy atom. The van der Waals surface area contributed by atoms with Crippen molar-refractivity contribution in [2.45, 2.75) is 32.6 Å². The van der Waals surface area contributed by atoms with Gasteiger partial charge in [0.2, 0.25) is 5.91 Å². The van der Waals surface area contributed by atoms with Crippen molar-refractivity contribution in [3.8, 4) is 0 Å². The molecule has 0 atom stereocenters. The summed E-state index contributed by atoms with van der Waals surface area (Å²) in [7, 11) is 0. The van der Waals surface area contributed by atoms with E-state index in [1.165, 1.54) is 11.1 Å². The third-order valence-corrected chi connectivity index (χ3v) is 2.73. The topological polar surface area (TPSA) is 66.4 Å². The predicted molar refractivity (Wildman–Crippen MR) is 69.4 cm³/mol. The van der Waals surface area contributed by atoms with E-state index in [1.807, 2.05) is 0 Å². The summed E-state index contributed by atoms with van der Waals surface area (Å²) in [6.45, 7) is 2.65. The zero-order valence-electron chi connectivity index (χ0n) is 10.6. The molecule has 1 amide bonds. The van der Waals surface area contributed by atoms with E-state index in [-0.39, 0.29) is 18.7 Å². The number of carboxylic acid groups (broad SMARTS) is 1. The van der Waals surface area contributed by atoms with Crippen molar-refractivity contribution in [3.05, 3.63) is 35.4 Å². The molecular formula is C14H19NO3. The lowest BCUT2D eigenvalue weighted by Crippen LogP contribution is -2.26. The molecule has 18 heavy (non-hydrogen) atoms. The second-order valence-electron chi connectivity index (χ2n) is 4.16. The van der Waals surface area contributed by atoms with Crippen molar-refractivity contribution >= 4 is 11.9 Å². The van der Waals surface area contributed by atoms with E-state index in [9.17, 15) is 9.59 Å². The zero-order valence-corrected chi connectivity index (χ0v) is 10.6. The zero-order chi connectivity index (χ0) is 13.4. The summed E-state index contributed by atoms with van der Waals surface area (Å²) in [5.74, 6) is -1.15. The van der Waals surface area contributed by atoms with Gasteiger partial charge in [-0.25, -0.2) is 0 Å². The van der Waals surface area contributed by atoms with Crippen LogP contribution in [-0.2, 0) is 22.4 Å². The molecule has 0 aliphatic carbocycles. The van der Waals surface area contributed by atoms with Gasteiger partial charge in [0, 0.05) is 13.0 Å². The first-order chi connectivity index (χ1) is 8.61. The number of rotatable bonds is 7. The van der Waals surface area contributed by atoms with Gasteiger partial charge in [-0.15, -0.1) is 0 Å². The number of aryl methyl sites for hydroxylation is 1. The molecule has 0 aromatic heterocycles. The van der Waals surface area contributed by atoms with E-state index in [0.29, 0.717) is 6.54 Å². The van der Waals surface area contributed by atoms with E-state index in [0.717, 1.165) is 12.8 Å². The van der Waals surface area contributed by atoms with Crippen molar-refractivity contribution in [3.63, 3.8) is 0 Å². The van der Waals surface area contributed by atoms with Gasteiger partial charge in [-0.2, -0.15) is 0 Å². The van der Waals surface area contributed by atoms with Crippen molar-refractivity contribution in [1.82, 2.24) is 5.32 Å². The van der Waals surface area contributed by atoms with Gasteiger partial charge < -0.3 is 10.4 Å². The van der Waals surface area contributed by atoms with Crippen LogP contribution in [0.15, 0.2) is 24.3 Å². The fourth-order valence-electron chi connectivity index (χ4n) is 1.60. The second-order valence-corrected chi connectivity index (χ2v) is 4.16. The Bertz CT molecular complexity index is 398. The highest BCUT2D eigenvalue weighted by atomic mass is 16.4. The minimum absolute atomic E-state index is 0.0457. The van der Waals surface area contributed by atoms with Gasteiger partial charge in [0.1, 0.15) is 0 Å². The Kier molecular flexibility index (Phi) is 5.91. The second kappa shape index (κ2) is 7.48. The normalized spacial score (nSPS) is 10.1. The minimum Gasteiger partial charge on any atom is -0.481 e. The first-order valence-corrected chi connectivity index (χ1v) is 6.18. The first kappa shape index (κ1) is 14.2. The Labute approximate surface area is 107 Å². The Morgan fingerprint density at radius 2 is 1.72 bits per heavy atom. The van der Waals surface area contributed by atoms with Crippen LogP contribution in [0, 0.1) is 0 Å². The van der Waals surface area contributed by atoms with Crippen molar-refractivity contribution < 1.29 is 14.7 Å². The third kappa shape index (κ3) is 5.48. The Balaban J connectivity index is 2.24. The number of aliphatic carboxylic acids is 1. The van der Waals surface area contributed by atoms with E-state index in [1.54, 1.807) is 0 Å². The molecule has 0 radical (unpaired) electrons. The van der Waals surface area contributed by atoms with Crippen LogP contribution in [0.2, 0.25) is 0 Å². The molecule has 0 spiro atoms. The summed E-state index contributed by atoms with van der Waals surface area (Å²) < 4.78 is 0. The molecule has 0 bridgehead atoms. The monoisotopic (exact) mass is 249 g/mol. The van der Waals surface area contributed by atoms with Gasteiger partial charge in [0.05, 0.1) is 6.42 Å².